The van der Waals surface area contributed by atoms with Gasteiger partial charge in [-0.25, -0.2) is 0 Å². The molecule has 0 unspecified atom stereocenters. The standard InChI is InChI=1S/C6H6SSi.2BrH/c1-3-7-5-2-4-8-6(1)5;;/h1-2,4,8H,3H2;2*1H. The van der Waals surface area contributed by atoms with Crippen molar-refractivity contribution in [3.63, 3.8) is 0 Å². The number of fused-ring (bicyclic) bond motifs is 1. The molecule has 0 radical (unpaired) electrons. The molecule has 0 bridgehead atoms. The molecule has 0 N–H and O–H groups in total. The lowest BCUT2D eigenvalue weighted by Gasteiger charge is -1.87. The summed E-state index contributed by atoms with van der Waals surface area (Å²) in [6.45, 7) is 0. The van der Waals surface area contributed by atoms with Gasteiger partial charge in [-0.1, -0.05) is 17.8 Å². The number of thioether (sulfide) groups is 1. The average Bonchev–Trinajstić information content (AvgIpc) is 2.15. The Balaban J connectivity index is 0.000000405. The molecule has 0 fully saturated rings. The van der Waals surface area contributed by atoms with Crippen LogP contribution in [0, 0.1) is 0 Å². The summed E-state index contributed by atoms with van der Waals surface area (Å²) in [6, 6.07) is 0. The number of rotatable bonds is 0. The zero-order valence-electron chi connectivity index (χ0n) is 5.24. The van der Waals surface area contributed by atoms with Crippen LogP contribution in [0.5, 0.6) is 0 Å². The van der Waals surface area contributed by atoms with Crippen molar-refractivity contribution in [2.75, 3.05) is 5.75 Å². The van der Waals surface area contributed by atoms with Crippen LogP contribution < -0.4 is 0 Å². The fourth-order valence-electron chi connectivity index (χ4n) is 0.939. The van der Waals surface area contributed by atoms with Crippen molar-refractivity contribution in [1.29, 1.82) is 0 Å². The van der Waals surface area contributed by atoms with E-state index in [1.807, 2.05) is 11.8 Å². The minimum absolute atomic E-state index is 0. The maximum Gasteiger partial charge on any atom is 0.0304 e. The fraction of sp³-hybridized carbons (Fsp3) is 0.167. The van der Waals surface area contributed by atoms with E-state index < -0.39 is 0 Å². The summed E-state index contributed by atoms with van der Waals surface area (Å²) in [7, 11) is 0.530. The minimum Gasteiger partial charge on any atom is -0.122 e. The van der Waals surface area contributed by atoms with Gasteiger partial charge in [0.05, 0.1) is 0 Å². The Morgan fingerprint density at radius 3 is 2.90 bits per heavy atom. The molecule has 0 aromatic heterocycles. The van der Waals surface area contributed by atoms with Gasteiger partial charge < -0.3 is 0 Å². The van der Waals surface area contributed by atoms with E-state index in [9.17, 15) is 0 Å². The number of allylic oxidation sites excluding steroid dienone is 2. The van der Waals surface area contributed by atoms with Gasteiger partial charge in [0.15, 0.2) is 0 Å². The lowest BCUT2D eigenvalue weighted by atomic mass is 10.5. The second kappa shape index (κ2) is 4.69. The molecular weight excluding hydrogens is 292 g/mol. The van der Waals surface area contributed by atoms with Gasteiger partial charge in [0.1, 0.15) is 0 Å². The summed E-state index contributed by atoms with van der Waals surface area (Å²) in [5.41, 5.74) is 2.31. The Labute approximate surface area is 88.1 Å². The Morgan fingerprint density at radius 1 is 1.40 bits per heavy atom. The molecule has 0 aromatic carbocycles. The van der Waals surface area contributed by atoms with Crippen molar-refractivity contribution in [2.24, 2.45) is 0 Å². The van der Waals surface area contributed by atoms with Crippen molar-refractivity contribution >= 4 is 60.5 Å². The normalized spacial score (nSPS) is 18.4. The topological polar surface area (TPSA) is 0 Å². The van der Waals surface area contributed by atoms with Gasteiger partial charge in [0, 0.05) is 19.8 Å². The molecule has 0 saturated carbocycles. The van der Waals surface area contributed by atoms with Gasteiger partial charge in [-0.3, -0.25) is 0 Å². The quantitative estimate of drug-likeness (QED) is 0.616. The van der Waals surface area contributed by atoms with Crippen LogP contribution in [-0.2, 0) is 0 Å². The van der Waals surface area contributed by atoms with E-state index in [0.29, 0.717) is 9.13 Å². The van der Waals surface area contributed by atoms with Crippen LogP contribution in [-0.4, -0.2) is 20.6 Å². The first kappa shape index (κ1) is 10.9. The van der Waals surface area contributed by atoms with Gasteiger partial charge in [0.25, 0.3) is 0 Å². The number of hydrogen-bond donors (Lipinski definition) is 0. The van der Waals surface area contributed by atoms with Crippen molar-refractivity contribution in [3.05, 3.63) is 22.3 Å². The lowest BCUT2D eigenvalue weighted by Crippen LogP contribution is -1.76. The molecule has 0 amide bonds. The molecule has 2 rings (SSSR count). The monoisotopic (exact) mass is 298 g/mol. The van der Waals surface area contributed by atoms with E-state index in [1.165, 1.54) is 5.75 Å². The van der Waals surface area contributed by atoms with E-state index in [1.54, 1.807) is 10.1 Å². The average molecular weight is 300 g/mol. The molecule has 0 saturated heterocycles. The van der Waals surface area contributed by atoms with Crippen LogP contribution in [0.4, 0.5) is 0 Å². The summed E-state index contributed by atoms with van der Waals surface area (Å²) in [5.74, 6) is 1.22. The van der Waals surface area contributed by atoms with Crippen molar-refractivity contribution in [1.82, 2.24) is 0 Å². The van der Waals surface area contributed by atoms with Crippen molar-refractivity contribution in [3.8, 4) is 0 Å². The van der Waals surface area contributed by atoms with E-state index in [-0.39, 0.29) is 34.0 Å². The first-order chi connectivity index (χ1) is 3.97. The number of hydrogen-bond acceptors (Lipinski definition) is 1. The third kappa shape index (κ3) is 1.93. The van der Waals surface area contributed by atoms with Crippen LogP contribution >= 0.6 is 45.7 Å². The van der Waals surface area contributed by atoms with Gasteiger partial charge >= 0.3 is 0 Å². The minimum atomic E-state index is 0. The van der Waals surface area contributed by atoms with Crippen LogP contribution in [0.25, 0.3) is 0 Å². The third-order valence-electron chi connectivity index (χ3n) is 1.35. The molecule has 0 aromatic rings. The molecule has 0 nitrogen and oxygen atoms in total. The van der Waals surface area contributed by atoms with Gasteiger partial charge in [-0.15, -0.1) is 45.7 Å². The lowest BCUT2D eigenvalue weighted by molar-refractivity contribution is 1.79. The zero-order chi connectivity index (χ0) is 5.40. The van der Waals surface area contributed by atoms with Crippen LogP contribution in [0.15, 0.2) is 22.3 Å². The molecule has 4 heteroatoms. The highest BCUT2D eigenvalue weighted by Gasteiger charge is 2.10. The van der Waals surface area contributed by atoms with Crippen LogP contribution in [0.3, 0.4) is 0 Å². The molecule has 2 aliphatic rings. The third-order valence-corrected chi connectivity index (χ3v) is 3.87. The van der Waals surface area contributed by atoms with Crippen LogP contribution in [0.2, 0.25) is 0 Å². The highest BCUT2D eigenvalue weighted by atomic mass is 79.9. The summed E-state index contributed by atoms with van der Waals surface area (Å²) in [5, 5.41) is 1.63. The van der Waals surface area contributed by atoms with Gasteiger partial charge in [0.2, 0.25) is 0 Å². The first-order valence-corrected chi connectivity index (χ1v) is 4.91. The van der Waals surface area contributed by atoms with E-state index in [2.05, 4.69) is 17.8 Å². The summed E-state index contributed by atoms with van der Waals surface area (Å²) in [6.07, 6.45) is 4.62. The molecule has 0 aliphatic carbocycles. The van der Waals surface area contributed by atoms with E-state index in [0.717, 1.165) is 0 Å². The molecular formula is C6H8Br2SSi. The Hall–Kier alpha value is 0.877. The van der Waals surface area contributed by atoms with Crippen molar-refractivity contribution in [2.45, 2.75) is 0 Å². The van der Waals surface area contributed by atoms with Gasteiger partial charge in [-0.05, 0) is 5.20 Å². The predicted molar refractivity (Wildman–Crippen MR) is 62.5 cm³/mol. The second-order valence-corrected chi connectivity index (χ2v) is 4.26. The highest BCUT2D eigenvalue weighted by Crippen LogP contribution is 2.30. The van der Waals surface area contributed by atoms with Crippen molar-refractivity contribution < 1.29 is 0 Å². The van der Waals surface area contributed by atoms with E-state index >= 15 is 0 Å². The maximum absolute atomic E-state index is 2.36. The molecule has 0 spiro atoms. The molecule has 2 heterocycles. The molecule has 2 aliphatic heterocycles. The first-order valence-electron chi connectivity index (χ1n) is 2.68. The van der Waals surface area contributed by atoms with Crippen LogP contribution in [0.1, 0.15) is 0 Å². The molecule has 56 valence electrons. The molecule has 0 atom stereocenters. The summed E-state index contributed by atoms with van der Waals surface area (Å²) >= 11 is 1.97. The van der Waals surface area contributed by atoms with E-state index in [4.69, 9.17) is 0 Å². The second-order valence-electron chi connectivity index (χ2n) is 1.86. The fourth-order valence-corrected chi connectivity index (χ4v) is 3.58. The Kier molecular flexibility index (Phi) is 5.11. The summed E-state index contributed by atoms with van der Waals surface area (Å²) < 4.78 is 0. The smallest absolute Gasteiger partial charge is 0.0304 e. The Bertz CT molecular complexity index is 208. The Morgan fingerprint density at radius 2 is 2.20 bits per heavy atom. The SMILES string of the molecule is Br.Br.C1=[SiH]C2=CCSC2=C1. The maximum atomic E-state index is 2.36. The predicted octanol–water partition coefficient (Wildman–Crippen LogP) is 1.91. The number of halogens is 2. The molecule has 10 heavy (non-hydrogen) atoms. The highest BCUT2D eigenvalue weighted by molar-refractivity contribution is 8.93. The van der Waals surface area contributed by atoms with Gasteiger partial charge in [-0.2, -0.15) is 0 Å². The summed E-state index contributed by atoms with van der Waals surface area (Å²) in [4.78, 5) is 1.54. The zero-order valence-corrected chi connectivity index (χ0v) is 10.6. The largest absolute Gasteiger partial charge is 0.122 e.